The molecule has 0 N–H and O–H groups in total. The Morgan fingerprint density at radius 3 is 2.32 bits per heavy atom. The van der Waals surface area contributed by atoms with E-state index in [9.17, 15) is 18.0 Å². The van der Waals surface area contributed by atoms with Crippen molar-refractivity contribution in [2.24, 2.45) is 0 Å². The molecule has 2 amide bonds. The van der Waals surface area contributed by atoms with Gasteiger partial charge < -0.3 is 9.80 Å². The van der Waals surface area contributed by atoms with Gasteiger partial charge in [-0.15, -0.1) is 0 Å². The minimum Gasteiger partial charge on any atom is -0.341 e. The van der Waals surface area contributed by atoms with Crippen molar-refractivity contribution in [3.05, 3.63) is 0 Å². The maximum atomic E-state index is 11.9. The predicted octanol–water partition coefficient (Wildman–Crippen LogP) is -1.29. The molecule has 0 saturated carbocycles. The zero-order valence-electron chi connectivity index (χ0n) is 11.0. The molecule has 2 fully saturated rings. The molecule has 0 aromatic heterocycles. The minimum absolute atomic E-state index is 0.0429. The van der Waals surface area contributed by atoms with Gasteiger partial charge in [0.05, 0.1) is 19.3 Å². The Hall–Kier alpha value is -1.15. The summed E-state index contributed by atoms with van der Waals surface area (Å²) in [6, 6.07) is 0. The van der Waals surface area contributed by atoms with Gasteiger partial charge in [-0.05, 0) is 12.8 Å². The van der Waals surface area contributed by atoms with Gasteiger partial charge in [0.15, 0.2) is 0 Å². The Morgan fingerprint density at radius 2 is 1.79 bits per heavy atom. The van der Waals surface area contributed by atoms with E-state index < -0.39 is 10.0 Å². The van der Waals surface area contributed by atoms with Crippen molar-refractivity contribution in [3.8, 4) is 0 Å². The standard InChI is InChI=1S/C11H19N3O4S/c1-19(17,18)14-7-6-13(11(16)9-14)8-10(15)12-4-2-3-5-12/h2-9H2,1H3. The van der Waals surface area contributed by atoms with E-state index in [1.54, 1.807) is 4.90 Å². The summed E-state index contributed by atoms with van der Waals surface area (Å²) in [6.45, 7) is 1.97. The zero-order chi connectivity index (χ0) is 14.0. The first-order valence-electron chi connectivity index (χ1n) is 6.38. The van der Waals surface area contributed by atoms with Crippen LogP contribution in [0.3, 0.4) is 0 Å². The summed E-state index contributed by atoms with van der Waals surface area (Å²) in [4.78, 5) is 27.0. The van der Waals surface area contributed by atoms with E-state index in [0.717, 1.165) is 36.5 Å². The summed E-state index contributed by atoms with van der Waals surface area (Å²) in [6.07, 6.45) is 3.12. The van der Waals surface area contributed by atoms with Crippen LogP contribution in [0.4, 0.5) is 0 Å². The fourth-order valence-electron chi connectivity index (χ4n) is 2.37. The molecule has 0 radical (unpaired) electrons. The van der Waals surface area contributed by atoms with Crippen LogP contribution in [0, 0.1) is 0 Å². The van der Waals surface area contributed by atoms with E-state index in [2.05, 4.69) is 0 Å². The first-order chi connectivity index (χ1) is 8.88. The second kappa shape index (κ2) is 5.46. The van der Waals surface area contributed by atoms with E-state index >= 15 is 0 Å². The molecule has 0 aliphatic carbocycles. The van der Waals surface area contributed by atoms with Gasteiger partial charge in [-0.3, -0.25) is 9.59 Å². The van der Waals surface area contributed by atoms with E-state index in [-0.39, 0.29) is 38.0 Å². The number of amides is 2. The van der Waals surface area contributed by atoms with Crippen LogP contribution in [-0.4, -0.2) is 79.9 Å². The lowest BCUT2D eigenvalue weighted by molar-refractivity contribution is -0.141. The van der Waals surface area contributed by atoms with E-state index in [0.29, 0.717) is 0 Å². The van der Waals surface area contributed by atoms with Crippen LogP contribution in [0.25, 0.3) is 0 Å². The van der Waals surface area contributed by atoms with Crippen LogP contribution in [0.5, 0.6) is 0 Å². The highest BCUT2D eigenvalue weighted by Crippen LogP contribution is 2.11. The second-order valence-electron chi connectivity index (χ2n) is 5.00. The molecule has 0 spiro atoms. The number of carbonyl (C=O) groups is 2. The molecule has 2 heterocycles. The van der Waals surface area contributed by atoms with Crippen LogP contribution in [0.1, 0.15) is 12.8 Å². The lowest BCUT2D eigenvalue weighted by Gasteiger charge is -2.33. The van der Waals surface area contributed by atoms with Crippen molar-refractivity contribution < 1.29 is 18.0 Å². The van der Waals surface area contributed by atoms with Gasteiger partial charge in [0.1, 0.15) is 0 Å². The number of sulfonamides is 1. The summed E-state index contributed by atoms with van der Waals surface area (Å²) in [5, 5.41) is 0. The Kier molecular flexibility index (Phi) is 4.10. The average molecular weight is 289 g/mol. The molecule has 2 aliphatic rings. The van der Waals surface area contributed by atoms with Crippen LogP contribution in [0.15, 0.2) is 0 Å². The summed E-state index contributed by atoms with van der Waals surface area (Å²) >= 11 is 0. The lowest BCUT2D eigenvalue weighted by Crippen LogP contribution is -2.54. The van der Waals surface area contributed by atoms with Gasteiger partial charge in [0, 0.05) is 26.2 Å². The molecule has 2 saturated heterocycles. The highest BCUT2D eigenvalue weighted by atomic mass is 32.2. The van der Waals surface area contributed by atoms with Gasteiger partial charge in [-0.25, -0.2) is 8.42 Å². The third kappa shape index (κ3) is 3.44. The molecule has 0 atom stereocenters. The molecule has 2 rings (SSSR count). The molecule has 7 nitrogen and oxygen atoms in total. The summed E-state index contributed by atoms with van der Waals surface area (Å²) in [7, 11) is -3.34. The quantitative estimate of drug-likeness (QED) is 0.648. The molecule has 2 aliphatic heterocycles. The Labute approximate surface area is 113 Å². The number of piperazine rings is 1. The van der Waals surface area contributed by atoms with Crippen molar-refractivity contribution in [1.29, 1.82) is 0 Å². The molecule has 0 aromatic rings. The van der Waals surface area contributed by atoms with Crippen LogP contribution >= 0.6 is 0 Å². The van der Waals surface area contributed by atoms with Crippen molar-refractivity contribution in [2.45, 2.75) is 12.8 Å². The van der Waals surface area contributed by atoms with Gasteiger partial charge in [-0.1, -0.05) is 0 Å². The Balaban J connectivity index is 1.90. The molecule has 0 unspecified atom stereocenters. The summed E-state index contributed by atoms with van der Waals surface area (Å²) in [5.74, 6) is -0.345. The smallest absolute Gasteiger partial charge is 0.242 e. The van der Waals surface area contributed by atoms with E-state index in [1.165, 1.54) is 4.90 Å². The van der Waals surface area contributed by atoms with Crippen LogP contribution in [0.2, 0.25) is 0 Å². The third-order valence-corrected chi connectivity index (χ3v) is 4.79. The summed E-state index contributed by atoms with van der Waals surface area (Å²) < 4.78 is 23.8. The average Bonchev–Trinajstić information content (AvgIpc) is 2.84. The van der Waals surface area contributed by atoms with Crippen LogP contribution in [-0.2, 0) is 19.6 Å². The second-order valence-corrected chi connectivity index (χ2v) is 6.98. The number of hydrogen-bond donors (Lipinski definition) is 0. The SMILES string of the molecule is CS(=O)(=O)N1CCN(CC(=O)N2CCCC2)C(=O)C1. The van der Waals surface area contributed by atoms with Gasteiger partial charge >= 0.3 is 0 Å². The first-order valence-corrected chi connectivity index (χ1v) is 8.23. The largest absolute Gasteiger partial charge is 0.341 e. The fourth-order valence-corrected chi connectivity index (χ4v) is 3.13. The molecular formula is C11H19N3O4S. The Morgan fingerprint density at radius 1 is 1.16 bits per heavy atom. The topological polar surface area (TPSA) is 78.0 Å². The van der Waals surface area contributed by atoms with Crippen molar-refractivity contribution in [2.75, 3.05) is 45.5 Å². The van der Waals surface area contributed by atoms with Crippen molar-refractivity contribution in [1.82, 2.24) is 14.1 Å². The number of carbonyl (C=O) groups excluding carboxylic acids is 2. The van der Waals surface area contributed by atoms with E-state index in [4.69, 9.17) is 0 Å². The highest BCUT2D eigenvalue weighted by Gasteiger charge is 2.31. The number of rotatable bonds is 3. The minimum atomic E-state index is -3.34. The molecule has 0 bridgehead atoms. The lowest BCUT2D eigenvalue weighted by atomic mass is 10.3. The Bertz CT molecular complexity index is 470. The van der Waals surface area contributed by atoms with Crippen molar-refractivity contribution >= 4 is 21.8 Å². The fraction of sp³-hybridized carbons (Fsp3) is 0.818. The number of hydrogen-bond acceptors (Lipinski definition) is 4. The summed E-state index contributed by atoms with van der Waals surface area (Å²) in [5.41, 5.74) is 0. The maximum Gasteiger partial charge on any atom is 0.242 e. The maximum absolute atomic E-state index is 11.9. The van der Waals surface area contributed by atoms with Crippen molar-refractivity contribution in [3.63, 3.8) is 0 Å². The third-order valence-electron chi connectivity index (χ3n) is 3.54. The monoisotopic (exact) mass is 289 g/mol. The number of nitrogens with zero attached hydrogens (tertiary/aromatic N) is 3. The highest BCUT2D eigenvalue weighted by molar-refractivity contribution is 7.88. The van der Waals surface area contributed by atoms with E-state index in [1.807, 2.05) is 0 Å². The molecule has 19 heavy (non-hydrogen) atoms. The zero-order valence-corrected chi connectivity index (χ0v) is 11.9. The molecule has 8 heteroatoms. The predicted molar refractivity (Wildman–Crippen MR) is 68.8 cm³/mol. The molecule has 108 valence electrons. The molecule has 0 aromatic carbocycles. The van der Waals surface area contributed by atoms with Gasteiger partial charge in [0.2, 0.25) is 21.8 Å². The number of likely N-dealkylation sites (tertiary alicyclic amines) is 1. The first kappa shape index (κ1) is 14.3. The van der Waals surface area contributed by atoms with Crippen LogP contribution < -0.4 is 0 Å². The van der Waals surface area contributed by atoms with Gasteiger partial charge in [0.25, 0.3) is 0 Å². The van der Waals surface area contributed by atoms with Gasteiger partial charge in [-0.2, -0.15) is 4.31 Å². The normalized spacial score (nSPS) is 22.1. The molecular weight excluding hydrogens is 270 g/mol.